The molecule has 0 unspecified atom stereocenters. The number of aldehydes is 1. The Labute approximate surface area is 76.8 Å². The highest BCUT2D eigenvalue weighted by atomic mass is 16.5. The Bertz CT molecular complexity index is 328. The van der Waals surface area contributed by atoms with Crippen LogP contribution in [0, 0.1) is 0 Å². The average Bonchev–Trinajstić information content (AvgIpc) is 2.47. The first-order chi connectivity index (χ1) is 6.19. The summed E-state index contributed by atoms with van der Waals surface area (Å²) >= 11 is 0. The summed E-state index contributed by atoms with van der Waals surface area (Å²) in [5.74, 6) is 0.492. The third-order valence-corrected chi connectivity index (χ3v) is 1.64. The van der Waals surface area contributed by atoms with Gasteiger partial charge in [0.05, 0.1) is 6.61 Å². The van der Waals surface area contributed by atoms with Gasteiger partial charge in [0.25, 0.3) is 0 Å². The van der Waals surface area contributed by atoms with Crippen molar-refractivity contribution in [1.82, 2.24) is 9.78 Å². The largest absolute Gasteiger partial charge is 0.492 e. The summed E-state index contributed by atoms with van der Waals surface area (Å²) in [6.07, 6.45) is 0.746. The molecule has 0 aromatic carbocycles. The van der Waals surface area contributed by atoms with E-state index in [-0.39, 0.29) is 0 Å². The van der Waals surface area contributed by atoms with Gasteiger partial charge in [-0.15, -0.1) is 0 Å². The Morgan fingerprint density at radius 1 is 1.85 bits per heavy atom. The lowest BCUT2D eigenvalue weighted by Crippen LogP contribution is -1.96. The fourth-order valence-electron chi connectivity index (χ4n) is 0.976. The van der Waals surface area contributed by atoms with Crippen LogP contribution in [0.4, 0.5) is 0 Å². The summed E-state index contributed by atoms with van der Waals surface area (Å²) in [5, 5.41) is 4.06. The lowest BCUT2D eigenvalue weighted by molar-refractivity contribution is 0.111. The first kappa shape index (κ1) is 9.51. The number of carbonyl (C=O) groups excluding carboxylic acids is 1. The van der Waals surface area contributed by atoms with Crippen LogP contribution in [0.1, 0.15) is 23.1 Å². The van der Waals surface area contributed by atoms with Crippen molar-refractivity contribution in [2.45, 2.75) is 6.92 Å². The molecule has 4 nitrogen and oxygen atoms in total. The Morgan fingerprint density at radius 3 is 3.00 bits per heavy atom. The van der Waals surface area contributed by atoms with Crippen molar-refractivity contribution in [3.05, 3.63) is 24.0 Å². The molecule has 0 atom stereocenters. The van der Waals surface area contributed by atoms with Gasteiger partial charge < -0.3 is 4.74 Å². The molecular weight excluding hydrogens is 168 g/mol. The number of aryl methyl sites for hydroxylation is 1. The van der Waals surface area contributed by atoms with Crippen molar-refractivity contribution in [1.29, 1.82) is 0 Å². The normalized spacial score (nSPS) is 9.69. The van der Waals surface area contributed by atoms with Crippen molar-refractivity contribution in [2.24, 2.45) is 7.05 Å². The van der Waals surface area contributed by atoms with Crippen LogP contribution in [0.3, 0.4) is 0 Å². The highest BCUT2D eigenvalue weighted by Crippen LogP contribution is 2.12. The number of aromatic nitrogens is 2. The molecule has 0 spiro atoms. The molecule has 0 N–H and O–H groups in total. The summed E-state index contributed by atoms with van der Waals surface area (Å²) in [6, 6.07) is 1.64. The first-order valence-corrected chi connectivity index (χ1v) is 4.00. The monoisotopic (exact) mass is 180 g/mol. The summed E-state index contributed by atoms with van der Waals surface area (Å²) in [6.45, 7) is 6.11. The standard InChI is InChI=1S/C9H12N2O2/c1-4-13-7(2)9-5-8(6-12)11(3)10-9/h5-6H,2,4H2,1,3H3. The van der Waals surface area contributed by atoms with Gasteiger partial charge in [0.15, 0.2) is 6.29 Å². The second-order valence-corrected chi connectivity index (χ2v) is 2.55. The summed E-state index contributed by atoms with van der Waals surface area (Å²) in [5.41, 5.74) is 1.11. The van der Waals surface area contributed by atoms with Crippen LogP contribution in [0.15, 0.2) is 12.6 Å². The van der Waals surface area contributed by atoms with Gasteiger partial charge in [-0.2, -0.15) is 5.10 Å². The van der Waals surface area contributed by atoms with Crippen LogP contribution in [0.5, 0.6) is 0 Å². The lowest BCUT2D eigenvalue weighted by atomic mass is 10.3. The molecule has 0 amide bonds. The zero-order valence-electron chi connectivity index (χ0n) is 7.78. The molecule has 1 rings (SSSR count). The molecule has 70 valence electrons. The topological polar surface area (TPSA) is 44.1 Å². The zero-order valence-corrected chi connectivity index (χ0v) is 7.78. The predicted molar refractivity (Wildman–Crippen MR) is 49.3 cm³/mol. The smallest absolute Gasteiger partial charge is 0.168 e. The van der Waals surface area contributed by atoms with E-state index in [1.54, 1.807) is 13.1 Å². The van der Waals surface area contributed by atoms with Gasteiger partial charge in [-0.3, -0.25) is 9.48 Å². The van der Waals surface area contributed by atoms with E-state index in [1.165, 1.54) is 4.68 Å². The Hall–Kier alpha value is -1.58. The molecule has 0 aliphatic heterocycles. The van der Waals surface area contributed by atoms with E-state index in [0.29, 0.717) is 23.8 Å². The molecule has 0 aliphatic carbocycles. The number of ether oxygens (including phenoxy) is 1. The van der Waals surface area contributed by atoms with Gasteiger partial charge in [0, 0.05) is 7.05 Å². The first-order valence-electron chi connectivity index (χ1n) is 4.00. The van der Waals surface area contributed by atoms with Crippen molar-refractivity contribution in [3.8, 4) is 0 Å². The molecule has 0 fully saturated rings. The van der Waals surface area contributed by atoms with Gasteiger partial charge in [0.1, 0.15) is 17.1 Å². The van der Waals surface area contributed by atoms with Crippen LogP contribution in [0.2, 0.25) is 0 Å². The summed E-state index contributed by atoms with van der Waals surface area (Å²) < 4.78 is 6.65. The van der Waals surface area contributed by atoms with Gasteiger partial charge in [-0.05, 0) is 13.0 Å². The highest BCUT2D eigenvalue weighted by molar-refractivity contribution is 5.74. The molecule has 1 heterocycles. The molecule has 0 saturated carbocycles. The fraction of sp³-hybridized carbons (Fsp3) is 0.333. The third-order valence-electron chi connectivity index (χ3n) is 1.64. The molecule has 0 saturated heterocycles. The minimum atomic E-state index is 0.492. The van der Waals surface area contributed by atoms with Gasteiger partial charge in [0.2, 0.25) is 0 Å². The van der Waals surface area contributed by atoms with Gasteiger partial charge in [-0.25, -0.2) is 0 Å². The summed E-state index contributed by atoms with van der Waals surface area (Å²) in [4.78, 5) is 10.5. The van der Waals surface area contributed by atoms with Crippen LogP contribution in [-0.4, -0.2) is 22.7 Å². The number of hydrogen-bond acceptors (Lipinski definition) is 3. The molecule has 0 aliphatic rings. The van der Waals surface area contributed by atoms with Gasteiger partial charge >= 0.3 is 0 Å². The van der Waals surface area contributed by atoms with E-state index in [0.717, 1.165) is 6.29 Å². The van der Waals surface area contributed by atoms with Crippen molar-refractivity contribution in [3.63, 3.8) is 0 Å². The second-order valence-electron chi connectivity index (χ2n) is 2.55. The van der Waals surface area contributed by atoms with E-state index in [2.05, 4.69) is 11.7 Å². The van der Waals surface area contributed by atoms with Crippen LogP contribution in [0.25, 0.3) is 5.76 Å². The van der Waals surface area contributed by atoms with E-state index in [1.807, 2.05) is 6.92 Å². The SMILES string of the molecule is C=C(OCC)c1cc(C=O)n(C)n1. The van der Waals surface area contributed by atoms with Crippen molar-refractivity contribution in [2.75, 3.05) is 6.61 Å². The maximum absolute atomic E-state index is 10.5. The Kier molecular flexibility index (Phi) is 2.84. The zero-order chi connectivity index (χ0) is 9.84. The molecule has 4 heteroatoms. The quantitative estimate of drug-likeness (QED) is 0.517. The van der Waals surface area contributed by atoms with Crippen LogP contribution < -0.4 is 0 Å². The Balaban J connectivity index is 2.90. The fourth-order valence-corrected chi connectivity index (χ4v) is 0.976. The number of nitrogens with zero attached hydrogens (tertiary/aromatic N) is 2. The highest BCUT2D eigenvalue weighted by Gasteiger charge is 2.07. The Morgan fingerprint density at radius 2 is 2.54 bits per heavy atom. The van der Waals surface area contributed by atoms with Crippen molar-refractivity contribution < 1.29 is 9.53 Å². The van der Waals surface area contributed by atoms with Gasteiger partial charge in [-0.1, -0.05) is 6.58 Å². The van der Waals surface area contributed by atoms with Crippen molar-refractivity contribution >= 4 is 12.0 Å². The number of carbonyl (C=O) groups is 1. The molecule has 0 bridgehead atoms. The van der Waals surface area contributed by atoms with Crippen LogP contribution >= 0.6 is 0 Å². The minimum Gasteiger partial charge on any atom is -0.492 e. The molecule has 13 heavy (non-hydrogen) atoms. The molecular formula is C9H12N2O2. The summed E-state index contributed by atoms with van der Waals surface area (Å²) in [7, 11) is 1.70. The maximum Gasteiger partial charge on any atom is 0.168 e. The maximum atomic E-state index is 10.5. The van der Waals surface area contributed by atoms with E-state index in [9.17, 15) is 4.79 Å². The lowest BCUT2D eigenvalue weighted by Gasteiger charge is -2.01. The minimum absolute atomic E-state index is 0.492. The third kappa shape index (κ3) is 1.96. The molecule has 1 aromatic rings. The molecule has 1 aromatic heterocycles. The average molecular weight is 180 g/mol. The van der Waals surface area contributed by atoms with Crippen LogP contribution in [-0.2, 0) is 11.8 Å². The predicted octanol–water partition coefficient (Wildman–Crippen LogP) is 1.24. The number of rotatable bonds is 4. The van der Waals surface area contributed by atoms with E-state index < -0.39 is 0 Å². The second kappa shape index (κ2) is 3.89. The number of hydrogen-bond donors (Lipinski definition) is 0. The van der Waals surface area contributed by atoms with E-state index in [4.69, 9.17) is 4.74 Å². The van der Waals surface area contributed by atoms with E-state index >= 15 is 0 Å². The molecule has 0 radical (unpaired) electrons.